The van der Waals surface area contributed by atoms with E-state index < -0.39 is 0 Å². The van der Waals surface area contributed by atoms with Crippen molar-refractivity contribution in [2.75, 3.05) is 39.6 Å². The van der Waals surface area contributed by atoms with Crippen molar-refractivity contribution < 1.29 is 14.3 Å². The van der Waals surface area contributed by atoms with Crippen LogP contribution in [0.2, 0.25) is 0 Å². The van der Waals surface area contributed by atoms with Crippen LogP contribution in [0.4, 0.5) is 5.69 Å². The second-order valence-corrected chi connectivity index (χ2v) is 3.92. The molecule has 0 aromatic heterocycles. The van der Waals surface area contributed by atoms with E-state index in [1.807, 2.05) is 6.92 Å². The number of rotatable bonds is 6. The van der Waals surface area contributed by atoms with Crippen molar-refractivity contribution in [1.82, 2.24) is 4.90 Å². The Morgan fingerprint density at radius 2 is 2.11 bits per heavy atom. The molecule has 1 amide bonds. The molecule has 0 radical (unpaired) electrons. The zero-order valence-corrected chi connectivity index (χ0v) is 11.1. The molecule has 5 nitrogen and oxygen atoms in total. The molecule has 0 aliphatic heterocycles. The summed E-state index contributed by atoms with van der Waals surface area (Å²) in [5.74, 6) is 0.483. The molecular formula is C13H20N2O3. The number of carbonyl (C=O) groups excluding carboxylic acids is 1. The maximum atomic E-state index is 12.1. The lowest BCUT2D eigenvalue weighted by atomic mass is 10.1. The summed E-state index contributed by atoms with van der Waals surface area (Å²) in [6.07, 6.45) is 0. The highest BCUT2D eigenvalue weighted by Crippen LogP contribution is 2.19. The van der Waals surface area contributed by atoms with Gasteiger partial charge in [0.25, 0.3) is 5.91 Å². The molecule has 2 N–H and O–H groups in total. The molecular weight excluding hydrogens is 232 g/mol. The van der Waals surface area contributed by atoms with Crippen LogP contribution in [-0.2, 0) is 4.74 Å². The number of amides is 1. The predicted molar refractivity (Wildman–Crippen MR) is 70.9 cm³/mol. The Labute approximate surface area is 107 Å². The van der Waals surface area contributed by atoms with Crippen molar-refractivity contribution in [3.8, 4) is 5.75 Å². The molecule has 0 atom stereocenters. The number of hydrogen-bond donors (Lipinski definition) is 1. The Morgan fingerprint density at radius 1 is 1.39 bits per heavy atom. The van der Waals surface area contributed by atoms with Gasteiger partial charge in [-0.15, -0.1) is 0 Å². The number of nitrogens with two attached hydrogens (primary N) is 1. The Kier molecular flexibility index (Phi) is 5.45. The third-order valence-corrected chi connectivity index (χ3v) is 2.53. The summed E-state index contributed by atoms with van der Waals surface area (Å²) in [5, 5.41) is 0. The lowest BCUT2D eigenvalue weighted by Crippen LogP contribution is -2.30. The third-order valence-electron chi connectivity index (χ3n) is 2.53. The van der Waals surface area contributed by atoms with Crippen molar-refractivity contribution in [1.29, 1.82) is 0 Å². The summed E-state index contributed by atoms with van der Waals surface area (Å²) in [6.45, 7) is 3.64. The number of methoxy groups -OCH3 is 1. The second-order valence-electron chi connectivity index (χ2n) is 3.92. The standard InChI is InChI=1S/C13H20N2O3/c1-4-18-6-5-15(2)13(16)10-7-11(14)9-12(8-10)17-3/h7-9H,4-6,14H2,1-3H3. The average molecular weight is 252 g/mol. The van der Waals surface area contributed by atoms with E-state index in [2.05, 4.69) is 0 Å². The van der Waals surface area contributed by atoms with Gasteiger partial charge < -0.3 is 20.1 Å². The fraction of sp³-hybridized carbons (Fsp3) is 0.462. The van der Waals surface area contributed by atoms with E-state index in [9.17, 15) is 4.79 Å². The van der Waals surface area contributed by atoms with E-state index in [-0.39, 0.29) is 5.91 Å². The van der Waals surface area contributed by atoms with Gasteiger partial charge in [0, 0.05) is 37.5 Å². The topological polar surface area (TPSA) is 64.8 Å². The summed E-state index contributed by atoms with van der Waals surface area (Å²) in [4.78, 5) is 13.7. The van der Waals surface area contributed by atoms with Crippen molar-refractivity contribution in [2.45, 2.75) is 6.92 Å². The van der Waals surface area contributed by atoms with Crippen LogP contribution in [0.25, 0.3) is 0 Å². The Bertz CT molecular complexity index is 407. The van der Waals surface area contributed by atoms with Crippen LogP contribution in [0.5, 0.6) is 5.75 Å². The van der Waals surface area contributed by atoms with Gasteiger partial charge in [0.05, 0.1) is 13.7 Å². The number of carbonyl (C=O) groups is 1. The summed E-state index contributed by atoms with van der Waals surface area (Å²) in [5.41, 5.74) is 6.75. The lowest BCUT2D eigenvalue weighted by Gasteiger charge is -2.17. The number of nitrogen functional groups attached to an aromatic ring is 1. The zero-order valence-electron chi connectivity index (χ0n) is 11.1. The van der Waals surface area contributed by atoms with E-state index in [0.29, 0.717) is 36.8 Å². The summed E-state index contributed by atoms with van der Waals surface area (Å²) in [7, 11) is 3.28. The van der Waals surface area contributed by atoms with Gasteiger partial charge in [-0.3, -0.25) is 4.79 Å². The zero-order chi connectivity index (χ0) is 13.5. The van der Waals surface area contributed by atoms with E-state index >= 15 is 0 Å². The van der Waals surface area contributed by atoms with Crippen LogP contribution in [-0.4, -0.2) is 44.7 Å². The van der Waals surface area contributed by atoms with Crippen LogP contribution in [0.1, 0.15) is 17.3 Å². The molecule has 1 aromatic carbocycles. The highest BCUT2D eigenvalue weighted by molar-refractivity contribution is 5.95. The number of hydrogen-bond acceptors (Lipinski definition) is 4. The number of anilines is 1. The molecule has 5 heteroatoms. The first-order chi connectivity index (χ1) is 8.58. The average Bonchev–Trinajstić information content (AvgIpc) is 2.37. The molecule has 0 saturated heterocycles. The first-order valence-corrected chi connectivity index (χ1v) is 5.86. The maximum absolute atomic E-state index is 12.1. The van der Waals surface area contributed by atoms with Gasteiger partial charge in [0.2, 0.25) is 0 Å². The van der Waals surface area contributed by atoms with E-state index in [1.165, 1.54) is 0 Å². The monoisotopic (exact) mass is 252 g/mol. The molecule has 0 spiro atoms. The van der Waals surface area contributed by atoms with Crippen LogP contribution < -0.4 is 10.5 Å². The fourth-order valence-corrected chi connectivity index (χ4v) is 1.53. The highest BCUT2D eigenvalue weighted by Gasteiger charge is 2.13. The molecule has 1 aromatic rings. The maximum Gasteiger partial charge on any atom is 0.253 e. The second kappa shape index (κ2) is 6.86. The van der Waals surface area contributed by atoms with Gasteiger partial charge in [-0.05, 0) is 19.1 Å². The number of ether oxygens (including phenoxy) is 2. The lowest BCUT2D eigenvalue weighted by molar-refractivity contribution is 0.0709. The van der Waals surface area contributed by atoms with Crippen LogP contribution in [0, 0.1) is 0 Å². The van der Waals surface area contributed by atoms with E-state index in [1.54, 1.807) is 37.3 Å². The SMILES string of the molecule is CCOCCN(C)C(=O)c1cc(N)cc(OC)c1. The minimum atomic E-state index is -0.0969. The normalized spacial score (nSPS) is 10.2. The third kappa shape index (κ3) is 3.92. The molecule has 0 aliphatic rings. The fourth-order valence-electron chi connectivity index (χ4n) is 1.53. The van der Waals surface area contributed by atoms with Crippen LogP contribution >= 0.6 is 0 Å². The first kappa shape index (κ1) is 14.3. The van der Waals surface area contributed by atoms with Gasteiger partial charge in [-0.25, -0.2) is 0 Å². The molecule has 0 heterocycles. The number of benzene rings is 1. The Morgan fingerprint density at radius 3 is 2.72 bits per heavy atom. The summed E-state index contributed by atoms with van der Waals surface area (Å²) < 4.78 is 10.3. The predicted octanol–water partition coefficient (Wildman–Crippen LogP) is 1.39. The summed E-state index contributed by atoms with van der Waals surface area (Å²) >= 11 is 0. The van der Waals surface area contributed by atoms with Gasteiger partial charge in [0.1, 0.15) is 5.75 Å². The van der Waals surface area contributed by atoms with Crippen molar-refractivity contribution in [2.24, 2.45) is 0 Å². The minimum absolute atomic E-state index is 0.0969. The van der Waals surface area contributed by atoms with E-state index in [0.717, 1.165) is 0 Å². The largest absolute Gasteiger partial charge is 0.497 e. The summed E-state index contributed by atoms with van der Waals surface area (Å²) in [6, 6.07) is 4.99. The van der Waals surface area contributed by atoms with E-state index in [4.69, 9.17) is 15.2 Å². The molecule has 1 rings (SSSR count). The first-order valence-electron chi connectivity index (χ1n) is 5.86. The Hall–Kier alpha value is -1.75. The van der Waals surface area contributed by atoms with Crippen molar-refractivity contribution in [3.05, 3.63) is 23.8 Å². The minimum Gasteiger partial charge on any atom is -0.497 e. The molecule has 0 aliphatic carbocycles. The molecule has 0 bridgehead atoms. The van der Waals surface area contributed by atoms with Crippen LogP contribution in [0.15, 0.2) is 18.2 Å². The van der Waals surface area contributed by atoms with Gasteiger partial charge in [-0.1, -0.05) is 0 Å². The molecule has 18 heavy (non-hydrogen) atoms. The van der Waals surface area contributed by atoms with Crippen molar-refractivity contribution in [3.63, 3.8) is 0 Å². The van der Waals surface area contributed by atoms with Crippen molar-refractivity contribution >= 4 is 11.6 Å². The molecule has 100 valence electrons. The Balaban J connectivity index is 2.73. The van der Waals surface area contributed by atoms with Gasteiger partial charge in [-0.2, -0.15) is 0 Å². The number of likely N-dealkylation sites (N-methyl/N-ethyl adjacent to an activating group) is 1. The number of nitrogens with zero attached hydrogens (tertiary/aromatic N) is 1. The quantitative estimate of drug-likeness (QED) is 0.613. The van der Waals surface area contributed by atoms with Gasteiger partial charge >= 0.3 is 0 Å². The molecule has 0 unspecified atom stereocenters. The smallest absolute Gasteiger partial charge is 0.253 e. The van der Waals surface area contributed by atoms with Crippen LogP contribution in [0.3, 0.4) is 0 Å². The van der Waals surface area contributed by atoms with Gasteiger partial charge in [0.15, 0.2) is 0 Å². The molecule has 0 fully saturated rings. The highest BCUT2D eigenvalue weighted by atomic mass is 16.5. The molecule has 0 saturated carbocycles.